The number of hydrogen-bond acceptors (Lipinski definition) is 4. The van der Waals surface area contributed by atoms with Crippen LogP contribution in [0, 0.1) is 0 Å². The molecule has 0 spiro atoms. The third-order valence-corrected chi connectivity index (χ3v) is 6.34. The molecule has 0 unspecified atom stereocenters. The van der Waals surface area contributed by atoms with E-state index in [0.29, 0.717) is 37.2 Å². The van der Waals surface area contributed by atoms with Gasteiger partial charge in [0, 0.05) is 35.6 Å². The third kappa shape index (κ3) is 7.60. The smallest absolute Gasteiger partial charge is 0.303 e. The molecule has 0 radical (unpaired) electrons. The number of para-hydroxylation sites is 1. The van der Waals surface area contributed by atoms with Crippen molar-refractivity contribution in [2.24, 2.45) is 0 Å². The Balaban J connectivity index is 1.52. The van der Waals surface area contributed by atoms with E-state index in [0.717, 1.165) is 22.3 Å². The Morgan fingerprint density at radius 3 is 2.33 bits per heavy atom. The number of carboxylic acids is 1. The van der Waals surface area contributed by atoms with E-state index in [9.17, 15) is 9.59 Å². The van der Waals surface area contributed by atoms with Crippen molar-refractivity contribution in [3.05, 3.63) is 103 Å². The molecule has 0 aliphatic rings. The Morgan fingerprint density at radius 2 is 1.64 bits per heavy atom. The molecule has 3 aromatic carbocycles. The normalized spacial score (nSPS) is 12.1. The monoisotopic (exact) mass is 527 g/mol. The summed E-state index contributed by atoms with van der Waals surface area (Å²) >= 11 is 0. The van der Waals surface area contributed by atoms with Crippen LogP contribution in [0.15, 0.2) is 95.8 Å². The van der Waals surface area contributed by atoms with Crippen LogP contribution in [0.3, 0.4) is 0 Å². The maximum Gasteiger partial charge on any atom is 0.303 e. The van der Waals surface area contributed by atoms with Gasteiger partial charge in [-0.05, 0) is 80.1 Å². The van der Waals surface area contributed by atoms with Crippen LogP contribution in [0.1, 0.15) is 58.2 Å². The van der Waals surface area contributed by atoms with Crippen molar-refractivity contribution in [1.82, 2.24) is 4.90 Å². The molecule has 0 saturated carbocycles. The molecule has 4 aromatic rings. The topological polar surface area (TPSA) is 80.0 Å². The fourth-order valence-electron chi connectivity index (χ4n) is 4.22. The lowest BCUT2D eigenvalue weighted by Gasteiger charge is -2.28. The molecule has 4 rings (SSSR count). The minimum absolute atomic E-state index is 0.114. The second-order valence-electron chi connectivity index (χ2n) is 9.60. The Kier molecular flexibility index (Phi) is 8.63. The maximum atomic E-state index is 13.7. The summed E-state index contributed by atoms with van der Waals surface area (Å²) in [5, 5.41) is 8.80. The van der Waals surface area contributed by atoms with E-state index in [1.165, 1.54) is 4.90 Å². The molecular formula is C33H35NO5. The lowest BCUT2D eigenvalue weighted by atomic mass is 9.99. The number of benzene rings is 3. The van der Waals surface area contributed by atoms with Crippen molar-refractivity contribution in [2.75, 3.05) is 6.61 Å². The molecule has 6 heteroatoms. The largest absolute Gasteiger partial charge is 0.493 e. The highest BCUT2D eigenvalue weighted by molar-refractivity contribution is 5.95. The summed E-state index contributed by atoms with van der Waals surface area (Å²) < 4.78 is 29.2. The fraction of sp³-hybridized carbons (Fsp3) is 0.273. The second-order valence-corrected chi connectivity index (χ2v) is 9.60. The quantitative estimate of drug-likeness (QED) is 0.180. The Hall–Kier alpha value is -4.32. The van der Waals surface area contributed by atoms with Gasteiger partial charge in [0.1, 0.15) is 5.75 Å². The first-order chi connectivity index (χ1) is 19.7. The molecule has 1 heterocycles. The second kappa shape index (κ2) is 13.5. The highest BCUT2D eigenvalue weighted by Gasteiger charge is 2.21. The maximum absolute atomic E-state index is 13.7. The highest BCUT2D eigenvalue weighted by Crippen LogP contribution is 2.28. The van der Waals surface area contributed by atoms with Crippen molar-refractivity contribution in [1.29, 1.82) is 0 Å². The summed E-state index contributed by atoms with van der Waals surface area (Å²) in [4.78, 5) is 25.7. The summed E-state index contributed by atoms with van der Waals surface area (Å²) in [5.74, 6) is -0.883. The Bertz CT molecular complexity index is 1450. The highest BCUT2D eigenvalue weighted by atomic mass is 16.5. The number of carboxylic acid groups (broad SMARTS) is 1. The number of amides is 1. The summed E-state index contributed by atoms with van der Waals surface area (Å²) in [6.07, 6.45) is 5.35. The van der Waals surface area contributed by atoms with E-state index in [1.807, 2.05) is 36.4 Å². The molecule has 1 amide bonds. The number of ether oxygens (including phenoxy) is 1. The molecule has 0 aliphatic carbocycles. The standard InChI is InChI=1S/C33H35NO5/c1-24(2)34(22-29-9-5-6-12-31(29)39-19-7-3-4-13-32(35)36)33(37)26-16-14-25(15-17-26)27-10-8-11-28(21-27)30-18-20-38-23-30/h5-6,8-12,14-18,20-21,23-24H,3-4,7,13,19,22H2,1-2H3,(H,35,36)/i22D2. The zero-order chi connectivity index (χ0) is 29.4. The molecule has 0 saturated heterocycles. The van der Waals surface area contributed by atoms with E-state index in [4.69, 9.17) is 17.0 Å². The number of aliphatic carboxylic acids is 1. The fourth-order valence-corrected chi connectivity index (χ4v) is 4.22. The number of carbonyl (C=O) groups is 2. The van der Waals surface area contributed by atoms with E-state index in [-0.39, 0.29) is 12.0 Å². The molecule has 1 N–H and O–H groups in total. The van der Waals surface area contributed by atoms with Gasteiger partial charge in [-0.2, -0.15) is 0 Å². The van der Waals surface area contributed by atoms with Gasteiger partial charge in [0.15, 0.2) is 0 Å². The van der Waals surface area contributed by atoms with Gasteiger partial charge in [-0.15, -0.1) is 0 Å². The summed E-state index contributed by atoms with van der Waals surface area (Å²) in [5.41, 5.74) is 4.59. The van der Waals surface area contributed by atoms with Crippen LogP contribution in [-0.4, -0.2) is 34.5 Å². The molecular weight excluding hydrogens is 490 g/mol. The molecule has 0 bridgehead atoms. The van der Waals surface area contributed by atoms with Gasteiger partial charge in [0.25, 0.3) is 5.91 Å². The van der Waals surface area contributed by atoms with Gasteiger partial charge in [-0.3, -0.25) is 9.59 Å². The van der Waals surface area contributed by atoms with Crippen molar-refractivity contribution in [3.8, 4) is 28.0 Å². The number of rotatable bonds is 13. The number of carbonyl (C=O) groups excluding carboxylic acids is 1. The van der Waals surface area contributed by atoms with Crippen LogP contribution >= 0.6 is 0 Å². The average molecular weight is 528 g/mol. The van der Waals surface area contributed by atoms with E-state index < -0.39 is 24.4 Å². The molecule has 202 valence electrons. The number of hydrogen-bond donors (Lipinski definition) is 1. The minimum Gasteiger partial charge on any atom is -0.493 e. The van der Waals surface area contributed by atoms with Gasteiger partial charge in [-0.1, -0.05) is 48.5 Å². The SMILES string of the molecule is [2H]C([2H])(c1ccccc1OCCCCCC(=O)O)N(C(=O)c1ccc(-c2cccc(-c3ccoc3)c2)cc1)C(C)C. The van der Waals surface area contributed by atoms with Crippen molar-refractivity contribution < 1.29 is 26.6 Å². The van der Waals surface area contributed by atoms with Crippen LogP contribution in [0.25, 0.3) is 22.3 Å². The van der Waals surface area contributed by atoms with Gasteiger partial charge in [0.05, 0.1) is 21.9 Å². The van der Waals surface area contributed by atoms with Crippen LogP contribution in [-0.2, 0) is 11.3 Å². The van der Waals surface area contributed by atoms with Crippen LogP contribution in [0.2, 0.25) is 0 Å². The van der Waals surface area contributed by atoms with Crippen LogP contribution < -0.4 is 4.74 Å². The molecule has 6 nitrogen and oxygen atoms in total. The zero-order valence-electron chi connectivity index (χ0n) is 24.3. The molecule has 1 aromatic heterocycles. The lowest BCUT2D eigenvalue weighted by Crippen LogP contribution is -2.36. The van der Waals surface area contributed by atoms with Gasteiger partial charge < -0.3 is 19.2 Å². The Morgan fingerprint density at radius 1 is 0.897 bits per heavy atom. The van der Waals surface area contributed by atoms with Crippen LogP contribution in [0.4, 0.5) is 0 Å². The lowest BCUT2D eigenvalue weighted by molar-refractivity contribution is -0.137. The van der Waals surface area contributed by atoms with Crippen molar-refractivity contribution in [3.63, 3.8) is 0 Å². The predicted octanol–water partition coefficient (Wildman–Crippen LogP) is 7.69. The first-order valence-corrected chi connectivity index (χ1v) is 13.2. The van der Waals surface area contributed by atoms with Crippen molar-refractivity contribution >= 4 is 11.9 Å². The summed E-state index contributed by atoms with van der Waals surface area (Å²) in [6.45, 7) is 1.75. The van der Waals surface area contributed by atoms with Gasteiger partial charge in [0.2, 0.25) is 0 Å². The summed E-state index contributed by atoms with van der Waals surface area (Å²) in [7, 11) is 0. The summed E-state index contributed by atoms with van der Waals surface area (Å²) in [6, 6.07) is 23.5. The molecule has 39 heavy (non-hydrogen) atoms. The molecule has 0 aliphatic heterocycles. The van der Waals surface area contributed by atoms with E-state index in [2.05, 4.69) is 6.07 Å². The van der Waals surface area contributed by atoms with Gasteiger partial charge in [-0.25, -0.2) is 0 Å². The third-order valence-electron chi connectivity index (χ3n) is 6.34. The number of furan rings is 1. The average Bonchev–Trinajstić information content (AvgIpc) is 3.50. The van der Waals surface area contributed by atoms with E-state index >= 15 is 0 Å². The van der Waals surface area contributed by atoms with Crippen molar-refractivity contribution in [2.45, 2.75) is 52.1 Å². The molecule has 0 atom stereocenters. The first-order valence-electron chi connectivity index (χ1n) is 14.2. The van der Waals surface area contributed by atoms with E-state index in [1.54, 1.807) is 62.8 Å². The minimum atomic E-state index is -2.15. The van der Waals surface area contributed by atoms with Crippen LogP contribution in [0.5, 0.6) is 5.75 Å². The predicted molar refractivity (Wildman–Crippen MR) is 153 cm³/mol. The number of unbranched alkanes of at least 4 members (excludes halogenated alkanes) is 2. The van der Waals surface area contributed by atoms with Gasteiger partial charge >= 0.3 is 5.97 Å². The zero-order valence-corrected chi connectivity index (χ0v) is 22.3. The molecule has 0 fully saturated rings. The number of nitrogens with zero attached hydrogens (tertiary/aromatic N) is 1. The first kappa shape index (κ1) is 25.0. The Labute approximate surface area is 232 Å².